The Bertz CT molecular complexity index is 638. The van der Waals surface area contributed by atoms with E-state index in [4.69, 9.17) is 5.84 Å². The summed E-state index contributed by atoms with van der Waals surface area (Å²) in [4.78, 5) is 24.7. The standard InChI is InChI=1S/C11H14N4O2S/c1-7-8(5-9(18-7)10(16)13-12)6-15-4-3-14(2)11(15)17/h3-5H,6,12H2,1-2H3,(H,13,16). The van der Waals surface area contributed by atoms with Gasteiger partial charge in [0.25, 0.3) is 5.91 Å². The fraction of sp³-hybridized carbons (Fsp3) is 0.273. The summed E-state index contributed by atoms with van der Waals surface area (Å²) >= 11 is 1.36. The van der Waals surface area contributed by atoms with Crippen LogP contribution in [0.25, 0.3) is 0 Å². The van der Waals surface area contributed by atoms with Crippen molar-refractivity contribution in [3.63, 3.8) is 0 Å². The fourth-order valence-corrected chi connectivity index (χ4v) is 2.61. The van der Waals surface area contributed by atoms with Crippen molar-refractivity contribution in [2.45, 2.75) is 13.5 Å². The summed E-state index contributed by atoms with van der Waals surface area (Å²) in [6.45, 7) is 2.38. The predicted octanol–water partition coefficient (Wildman–Crippen LogP) is 0.209. The second-order valence-corrected chi connectivity index (χ2v) is 5.24. The van der Waals surface area contributed by atoms with Gasteiger partial charge in [-0.2, -0.15) is 0 Å². The van der Waals surface area contributed by atoms with Gasteiger partial charge in [0.1, 0.15) is 0 Å². The third kappa shape index (κ3) is 2.22. The first-order valence-corrected chi connectivity index (χ1v) is 6.16. The monoisotopic (exact) mass is 266 g/mol. The molecule has 0 bridgehead atoms. The lowest BCUT2D eigenvalue weighted by atomic mass is 10.2. The van der Waals surface area contributed by atoms with Gasteiger partial charge in [-0.15, -0.1) is 11.3 Å². The van der Waals surface area contributed by atoms with Crippen molar-refractivity contribution in [3.05, 3.63) is 44.3 Å². The number of rotatable bonds is 3. The Morgan fingerprint density at radius 1 is 1.50 bits per heavy atom. The van der Waals surface area contributed by atoms with Crippen molar-refractivity contribution in [1.82, 2.24) is 14.6 Å². The lowest BCUT2D eigenvalue weighted by Crippen LogP contribution is -2.29. The van der Waals surface area contributed by atoms with Crippen LogP contribution >= 0.6 is 11.3 Å². The first-order valence-electron chi connectivity index (χ1n) is 5.35. The molecular formula is C11H14N4O2S. The van der Waals surface area contributed by atoms with Gasteiger partial charge in [0.05, 0.1) is 11.4 Å². The molecule has 2 rings (SSSR count). The van der Waals surface area contributed by atoms with Crippen LogP contribution in [0.2, 0.25) is 0 Å². The van der Waals surface area contributed by atoms with Crippen LogP contribution in [-0.2, 0) is 13.6 Å². The SMILES string of the molecule is Cc1sc(C(=O)NN)cc1Cn1ccn(C)c1=O. The number of nitrogen functional groups attached to an aromatic ring is 1. The molecule has 2 aromatic heterocycles. The van der Waals surface area contributed by atoms with E-state index in [-0.39, 0.29) is 11.6 Å². The van der Waals surface area contributed by atoms with Crippen LogP contribution in [0.5, 0.6) is 0 Å². The number of aromatic nitrogens is 2. The lowest BCUT2D eigenvalue weighted by Gasteiger charge is -1.99. The third-order valence-electron chi connectivity index (χ3n) is 2.73. The molecule has 96 valence electrons. The van der Waals surface area contributed by atoms with Gasteiger partial charge in [-0.25, -0.2) is 10.6 Å². The number of hydrazine groups is 1. The van der Waals surface area contributed by atoms with Gasteiger partial charge in [-0.1, -0.05) is 0 Å². The highest BCUT2D eigenvalue weighted by Crippen LogP contribution is 2.21. The van der Waals surface area contributed by atoms with E-state index in [9.17, 15) is 9.59 Å². The van der Waals surface area contributed by atoms with E-state index in [2.05, 4.69) is 5.43 Å². The summed E-state index contributed by atoms with van der Waals surface area (Å²) in [7, 11) is 1.70. The van der Waals surface area contributed by atoms with Crippen LogP contribution in [0, 0.1) is 6.92 Å². The number of carbonyl (C=O) groups is 1. The number of hydrogen-bond acceptors (Lipinski definition) is 4. The van der Waals surface area contributed by atoms with Gasteiger partial charge in [0.2, 0.25) is 0 Å². The normalized spacial score (nSPS) is 10.6. The van der Waals surface area contributed by atoms with E-state index in [1.165, 1.54) is 15.9 Å². The number of aryl methyl sites for hydroxylation is 2. The summed E-state index contributed by atoms with van der Waals surface area (Å²) in [6.07, 6.45) is 3.43. The minimum atomic E-state index is -0.310. The number of imidazole rings is 1. The lowest BCUT2D eigenvalue weighted by molar-refractivity contribution is 0.0957. The van der Waals surface area contributed by atoms with E-state index in [1.54, 1.807) is 30.1 Å². The first kappa shape index (κ1) is 12.6. The molecule has 0 aliphatic heterocycles. The van der Waals surface area contributed by atoms with Gasteiger partial charge in [-0.3, -0.25) is 14.8 Å². The minimum Gasteiger partial charge on any atom is -0.302 e. The molecule has 0 atom stereocenters. The Morgan fingerprint density at radius 3 is 2.78 bits per heavy atom. The Kier molecular flexibility index (Phi) is 3.35. The van der Waals surface area contributed by atoms with Crippen molar-refractivity contribution in [2.24, 2.45) is 12.9 Å². The topological polar surface area (TPSA) is 82.1 Å². The van der Waals surface area contributed by atoms with Gasteiger partial charge < -0.3 is 4.57 Å². The first-order chi connectivity index (χ1) is 8.52. The van der Waals surface area contributed by atoms with Crippen molar-refractivity contribution >= 4 is 17.2 Å². The second kappa shape index (κ2) is 4.79. The molecule has 0 aromatic carbocycles. The van der Waals surface area contributed by atoms with E-state index in [0.29, 0.717) is 11.4 Å². The third-order valence-corrected chi connectivity index (χ3v) is 3.83. The number of nitrogens with one attached hydrogen (secondary N) is 1. The summed E-state index contributed by atoms with van der Waals surface area (Å²) in [6, 6.07) is 1.77. The molecule has 0 saturated heterocycles. The number of carbonyl (C=O) groups excluding carboxylic acids is 1. The highest BCUT2D eigenvalue weighted by Gasteiger charge is 2.12. The quantitative estimate of drug-likeness (QED) is 0.473. The largest absolute Gasteiger partial charge is 0.328 e. The van der Waals surface area contributed by atoms with Crippen molar-refractivity contribution in [3.8, 4) is 0 Å². The molecule has 0 fully saturated rings. The molecule has 0 aliphatic carbocycles. The fourth-order valence-electron chi connectivity index (χ4n) is 1.67. The molecular weight excluding hydrogens is 252 g/mol. The van der Waals surface area contributed by atoms with Gasteiger partial charge in [-0.05, 0) is 18.6 Å². The summed E-state index contributed by atoms with van der Waals surface area (Å²) in [5, 5.41) is 0. The number of nitrogens with zero attached hydrogens (tertiary/aromatic N) is 2. The number of thiophene rings is 1. The molecule has 2 aromatic rings. The summed E-state index contributed by atoms with van der Waals surface area (Å²) in [5.74, 6) is 4.78. The molecule has 7 heteroatoms. The van der Waals surface area contributed by atoms with Gasteiger partial charge in [0, 0.05) is 24.3 Å². The average Bonchev–Trinajstić information content (AvgIpc) is 2.87. The number of hydrogen-bond donors (Lipinski definition) is 2. The molecule has 18 heavy (non-hydrogen) atoms. The van der Waals surface area contributed by atoms with Crippen LogP contribution in [0.4, 0.5) is 0 Å². The summed E-state index contributed by atoms with van der Waals surface area (Å²) in [5.41, 5.74) is 2.97. The van der Waals surface area contributed by atoms with Crippen LogP contribution in [0.1, 0.15) is 20.1 Å². The van der Waals surface area contributed by atoms with Gasteiger partial charge >= 0.3 is 5.69 Å². The smallest absolute Gasteiger partial charge is 0.302 e. The van der Waals surface area contributed by atoms with E-state index < -0.39 is 0 Å². The molecule has 0 unspecified atom stereocenters. The van der Waals surface area contributed by atoms with E-state index >= 15 is 0 Å². The number of amides is 1. The number of nitrogens with two attached hydrogens (primary N) is 1. The van der Waals surface area contributed by atoms with Crippen molar-refractivity contribution in [1.29, 1.82) is 0 Å². The Labute approximate surface area is 108 Å². The maximum atomic E-state index is 11.7. The molecule has 1 amide bonds. The van der Waals surface area contributed by atoms with Crippen molar-refractivity contribution in [2.75, 3.05) is 0 Å². The predicted molar refractivity (Wildman–Crippen MR) is 69.5 cm³/mol. The minimum absolute atomic E-state index is 0.0783. The zero-order valence-electron chi connectivity index (χ0n) is 10.1. The van der Waals surface area contributed by atoms with Crippen LogP contribution in [-0.4, -0.2) is 15.0 Å². The molecule has 0 aliphatic rings. The highest BCUT2D eigenvalue weighted by atomic mass is 32.1. The Hall–Kier alpha value is -1.86. The van der Waals surface area contributed by atoms with Crippen LogP contribution in [0.15, 0.2) is 23.3 Å². The molecule has 3 N–H and O–H groups in total. The summed E-state index contributed by atoms with van der Waals surface area (Å²) < 4.78 is 3.11. The average molecular weight is 266 g/mol. The highest BCUT2D eigenvalue weighted by molar-refractivity contribution is 7.14. The molecule has 2 heterocycles. The van der Waals surface area contributed by atoms with E-state index in [1.807, 2.05) is 6.92 Å². The molecule has 0 spiro atoms. The van der Waals surface area contributed by atoms with Crippen LogP contribution < -0.4 is 17.0 Å². The van der Waals surface area contributed by atoms with E-state index in [0.717, 1.165) is 10.4 Å². The molecule has 0 radical (unpaired) electrons. The Morgan fingerprint density at radius 2 is 2.22 bits per heavy atom. The second-order valence-electron chi connectivity index (χ2n) is 3.99. The maximum Gasteiger partial charge on any atom is 0.328 e. The van der Waals surface area contributed by atoms with Gasteiger partial charge in [0.15, 0.2) is 0 Å². The van der Waals surface area contributed by atoms with Crippen LogP contribution in [0.3, 0.4) is 0 Å². The Balaban J connectivity index is 2.30. The zero-order valence-corrected chi connectivity index (χ0v) is 11.0. The molecule has 0 saturated carbocycles. The van der Waals surface area contributed by atoms with Crippen molar-refractivity contribution < 1.29 is 4.79 Å². The maximum absolute atomic E-state index is 11.7. The molecule has 6 nitrogen and oxygen atoms in total. The zero-order chi connectivity index (χ0) is 13.3.